The fraction of sp³-hybridized carbons (Fsp3) is 0.500. The molecule has 0 aromatic carbocycles. The zero-order valence-electron chi connectivity index (χ0n) is 19.1. The van der Waals surface area contributed by atoms with Gasteiger partial charge < -0.3 is 14.4 Å². The Morgan fingerprint density at radius 1 is 1.14 bits per heavy atom. The van der Waals surface area contributed by atoms with Crippen LogP contribution in [0.4, 0.5) is 0 Å². The minimum Gasteiger partial charge on any atom is -0.480 e. The van der Waals surface area contributed by atoms with E-state index in [2.05, 4.69) is 70.6 Å². The minimum atomic E-state index is 0.361. The fourth-order valence-electron chi connectivity index (χ4n) is 3.79. The van der Waals surface area contributed by atoms with Crippen LogP contribution in [0.15, 0.2) is 24.4 Å². The van der Waals surface area contributed by atoms with Gasteiger partial charge in [-0.1, -0.05) is 34.1 Å². The van der Waals surface area contributed by atoms with E-state index in [0.29, 0.717) is 17.7 Å². The van der Waals surface area contributed by atoms with Gasteiger partial charge in [0.25, 0.3) is 0 Å². The number of aliphatic hydroxyl groups is 1. The van der Waals surface area contributed by atoms with Gasteiger partial charge >= 0.3 is 0 Å². The summed E-state index contributed by atoms with van der Waals surface area (Å²) in [5.41, 5.74) is 6.48. The Kier molecular flexibility index (Phi) is 7.80. The first-order valence-corrected chi connectivity index (χ1v) is 10.3. The molecule has 0 radical (unpaired) electrons. The molecule has 0 amide bonds. The number of nitrogens with zero attached hydrogens (tertiary/aromatic N) is 3. The first-order chi connectivity index (χ1) is 13.9. The van der Waals surface area contributed by atoms with E-state index in [0.717, 1.165) is 35.3 Å². The molecule has 0 spiro atoms. The number of aliphatic hydroxyl groups excluding tert-OH is 1. The quantitative estimate of drug-likeness (QED) is 0.589. The van der Waals surface area contributed by atoms with Crippen molar-refractivity contribution in [2.45, 2.75) is 59.3 Å². The predicted octanol–water partition coefficient (Wildman–Crippen LogP) is 5.59. The van der Waals surface area contributed by atoms with E-state index in [1.807, 2.05) is 0 Å². The standard InChI is InChI=1S/C23H31N3O.CH4O/c1-8-9-15(4)19-13-26(6)22-18(19)12-16(5)21(25-22)17-10-11-20(14(2)3)24-23(17)27-7;1-2/h10-15H,8-9H2,1-7H3;2H,1H3. The van der Waals surface area contributed by atoms with Gasteiger partial charge in [-0.2, -0.15) is 0 Å². The lowest BCUT2D eigenvalue weighted by molar-refractivity contribution is 0.397. The van der Waals surface area contributed by atoms with Gasteiger partial charge in [0.05, 0.1) is 18.4 Å². The second-order valence-corrected chi connectivity index (χ2v) is 7.86. The molecular formula is C24H35N3O2. The van der Waals surface area contributed by atoms with Crippen molar-refractivity contribution in [1.82, 2.24) is 14.5 Å². The number of aryl methyl sites for hydroxylation is 2. The van der Waals surface area contributed by atoms with Crippen molar-refractivity contribution in [3.63, 3.8) is 0 Å². The van der Waals surface area contributed by atoms with E-state index < -0.39 is 0 Å². The number of fused-ring (bicyclic) bond motifs is 1. The summed E-state index contributed by atoms with van der Waals surface area (Å²) in [5, 5.41) is 8.26. The molecule has 1 N–H and O–H groups in total. The zero-order chi connectivity index (χ0) is 21.7. The van der Waals surface area contributed by atoms with Gasteiger partial charge in [-0.3, -0.25) is 0 Å². The molecule has 0 saturated heterocycles. The summed E-state index contributed by atoms with van der Waals surface area (Å²) in [6.45, 7) is 10.9. The van der Waals surface area contributed by atoms with Gasteiger partial charge in [-0.25, -0.2) is 9.97 Å². The largest absolute Gasteiger partial charge is 0.480 e. The van der Waals surface area contributed by atoms with Crippen LogP contribution in [0.1, 0.15) is 69.2 Å². The number of rotatable bonds is 6. The summed E-state index contributed by atoms with van der Waals surface area (Å²) in [4.78, 5) is 9.73. The molecule has 158 valence electrons. The van der Waals surface area contributed by atoms with Crippen LogP contribution in [0.5, 0.6) is 5.88 Å². The van der Waals surface area contributed by atoms with Crippen molar-refractivity contribution in [3.05, 3.63) is 41.2 Å². The summed E-state index contributed by atoms with van der Waals surface area (Å²) < 4.78 is 7.75. The number of aromatic nitrogens is 3. The lowest BCUT2D eigenvalue weighted by atomic mass is 9.95. The van der Waals surface area contributed by atoms with Crippen molar-refractivity contribution in [2.24, 2.45) is 7.05 Å². The summed E-state index contributed by atoms with van der Waals surface area (Å²) in [6, 6.07) is 6.44. The molecule has 1 unspecified atom stereocenters. The van der Waals surface area contributed by atoms with E-state index in [1.165, 1.54) is 23.8 Å². The molecule has 5 nitrogen and oxygen atoms in total. The summed E-state index contributed by atoms with van der Waals surface area (Å²) in [5.74, 6) is 1.54. The zero-order valence-corrected chi connectivity index (χ0v) is 19.1. The van der Waals surface area contributed by atoms with E-state index in [-0.39, 0.29) is 0 Å². The third-order valence-corrected chi connectivity index (χ3v) is 5.35. The molecule has 3 rings (SSSR count). The highest BCUT2D eigenvalue weighted by Crippen LogP contribution is 2.35. The van der Waals surface area contributed by atoms with Crippen molar-refractivity contribution >= 4 is 11.0 Å². The maximum absolute atomic E-state index is 7.00. The van der Waals surface area contributed by atoms with Gasteiger partial charge in [0, 0.05) is 31.4 Å². The number of methoxy groups -OCH3 is 1. The van der Waals surface area contributed by atoms with Gasteiger partial charge in [0.2, 0.25) is 5.88 Å². The molecule has 0 aliphatic rings. The van der Waals surface area contributed by atoms with E-state index >= 15 is 0 Å². The molecule has 0 bridgehead atoms. The molecule has 3 heterocycles. The molecule has 5 heteroatoms. The Labute approximate surface area is 174 Å². The Bertz CT molecular complexity index is 960. The maximum Gasteiger partial charge on any atom is 0.222 e. The van der Waals surface area contributed by atoms with Crippen molar-refractivity contribution in [2.75, 3.05) is 14.2 Å². The summed E-state index contributed by atoms with van der Waals surface area (Å²) >= 11 is 0. The molecular weight excluding hydrogens is 362 g/mol. The average Bonchev–Trinajstić information content (AvgIpc) is 3.04. The lowest BCUT2D eigenvalue weighted by Gasteiger charge is -2.14. The molecule has 0 aliphatic heterocycles. The summed E-state index contributed by atoms with van der Waals surface area (Å²) in [6.07, 6.45) is 4.61. The number of hydrogen-bond acceptors (Lipinski definition) is 4. The molecule has 3 aromatic heterocycles. The average molecular weight is 398 g/mol. The van der Waals surface area contributed by atoms with E-state index in [4.69, 9.17) is 19.8 Å². The Morgan fingerprint density at radius 3 is 2.41 bits per heavy atom. The summed E-state index contributed by atoms with van der Waals surface area (Å²) in [7, 11) is 4.75. The molecule has 1 atom stereocenters. The Balaban J connectivity index is 0.00000145. The normalized spacial score (nSPS) is 12.1. The SMILES string of the molecule is CCCC(C)c1cn(C)c2nc(-c3ccc(C(C)C)nc3OC)c(C)cc12.CO. The Morgan fingerprint density at radius 2 is 1.83 bits per heavy atom. The molecule has 0 fully saturated rings. The Hall–Kier alpha value is -2.40. The van der Waals surface area contributed by atoms with Crippen LogP contribution in [0, 0.1) is 6.92 Å². The van der Waals surface area contributed by atoms with Crippen molar-refractivity contribution < 1.29 is 9.84 Å². The molecule has 0 aliphatic carbocycles. The topological polar surface area (TPSA) is 60.2 Å². The van der Waals surface area contributed by atoms with Crippen LogP contribution in [-0.4, -0.2) is 33.9 Å². The predicted molar refractivity (Wildman–Crippen MR) is 121 cm³/mol. The smallest absolute Gasteiger partial charge is 0.222 e. The van der Waals surface area contributed by atoms with Gasteiger partial charge in [-0.15, -0.1) is 0 Å². The van der Waals surface area contributed by atoms with Crippen LogP contribution < -0.4 is 4.74 Å². The van der Waals surface area contributed by atoms with Gasteiger partial charge in [0.15, 0.2) is 0 Å². The third kappa shape index (κ3) is 4.61. The fourth-order valence-corrected chi connectivity index (χ4v) is 3.79. The van der Waals surface area contributed by atoms with Crippen LogP contribution in [0.2, 0.25) is 0 Å². The first kappa shape index (κ1) is 22.9. The number of ether oxygens (including phenoxy) is 1. The molecule has 29 heavy (non-hydrogen) atoms. The second-order valence-electron chi connectivity index (χ2n) is 7.86. The van der Waals surface area contributed by atoms with Crippen molar-refractivity contribution in [1.29, 1.82) is 0 Å². The third-order valence-electron chi connectivity index (χ3n) is 5.35. The number of pyridine rings is 2. The van der Waals surface area contributed by atoms with Crippen LogP contribution in [0.25, 0.3) is 22.3 Å². The maximum atomic E-state index is 7.00. The lowest BCUT2D eigenvalue weighted by Crippen LogP contribution is -2.00. The number of hydrogen-bond donors (Lipinski definition) is 1. The molecule has 3 aromatic rings. The highest BCUT2D eigenvalue weighted by molar-refractivity contribution is 5.86. The van der Waals surface area contributed by atoms with Crippen LogP contribution in [0.3, 0.4) is 0 Å². The van der Waals surface area contributed by atoms with Crippen LogP contribution in [-0.2, 0) is 7.05 Å². The van der Waals surface area contributed by atoms with E-state index in [9.17, 15) is 0 Å². The van der Waals surface area contributed by atoms with Crippen molar-refractivity contribution in [3.8, 4) is 17.1 Å². The monoisotopic (exact) mass is 397 g/mol. The minimum absolute atomic E-state index is 0.361. The second kappa shape index (κ2) is 9.88. The van der Waals surface area contributed by atoms with Gasteiger partial charge in [-0.05, 0) is 54.5 Å². The highest BCUT2D eigenvalue weighted by Gasteiger charge is 2.19. The van der Waals surface area contributed by atoms with E-state index in [1.54, 1.807) is 7.11 Å². The highest BCUT2D eigenvalue weighted by atomic mass is 16.5. The first-order valence-electron chi connectivity index (χ1n) is 10.3. The molecule has 0 saturated carbocycles. The van der Waals surface area contributed by atoms with Crippen LogP contribution >= 0.6 is 0 Å². The van der Waals surface area contributed by atoms with Gasteiger partial charge in [0.1, 0.15) is 5.65 Å².